The number of anilines is 1. The summed E-state index contributed by atoms with van der Waals surface area (Å²) in [7, 11) is 0. The molecule has 0 aromatic carbocycles. The van der Waals surface area contributed by atoms with Crippen LogP contribution in [0.15, 0.2) is 4.52 Å². The van der Waals surface area contributed by atoms with Crippen molar-refractivity contribution < 1.29 is 4.52 Å². The first-order valence-electron chi connectivity index (χ1n) is 5.53. The quantitative estimate of drug-likeness (QED) is 0.743. The van der Waals surface area contributed by atoms with Gasteiger partial charge in [-0.1, -0.05) is 0 Å². The third-order valence-corrected chi connectivity index (χ3v) is 2.89. The van der Waals surface area contributed by atoms with Crippen LogP contribution in [0.5, 0.6) is 0 Å². The summed E-state index contributed by atoms with van der Waals surface area (Å²) < 4.78 is 5.16. The monoisotopic (exact) mass is 229 g/mol. The summed E-state index contributed by atoms with van der Waals surface area (Å²) in [4.78, 5) is 6.55. The lowest BCUT2D eigenvalue weighted by atomic mass is 10.1. The predicted octanol–water partition coefficient (Wildman–Crippen LogP) is 2.23. The fourth-order valence-corrected chi connectivity index (χ4v) is 1.92. The molecule has 0 bridgehead atoms. The first-order valence-corrected chi connectivity index (χ1v) is 6.07. The molecule has 5 heteroatoms. The number of nitrogens with zero attached hydrogens (tertiary/aromatic N) is 3. The van der Waals surface area contributed by atoms with Gasteiger partial charge in [-0.2, -0.15) is 4.98 Å². The summed E-state index contributed by atoms with van der Waals surface area (Å²) in [6.07, 6.45) is 5.44. The standard InChI is InChI=1S/C10H16ClN3O/c11-6-4-5-9-12-10(13-15-9)14-7-2-1-3-8-14/h1-8H2. The topological polar surface area (TPSA) is 42.2 Å². The van der Waals surface area contributed by atoms with Crippen LogP contribution >= 0.6 is 11.6 Å². The number of halogens is 1. The maximum atomic E-state index is 5.61. The first-order chi connectivity index (χ1) is 7.40. The van der Waals surface area contributed by atoms with Crippen LogP contribution in [0.4, 0.5) is 5.95 Å². The van der Waals surface area contributed by atoms with Gasteiger partial charge < -0.3 is 9.42 Å². The lowest BCUT2D eigenvalue weighted by Crippen LogP contribution is -2.30. The van der Waals surface area contributed by atoms with Crippen LogP contribution in [0.1, 0.15) is 31.6 Å². The van der Waals surface area contributed by atoms with Crippen molar-refractivity contribution >= 4 is 17.5 Å². The number of piperidine rings is 1. The minimum absolute atomic E-state index is 0.640. The van der Waals surface area contributed by atoms with E-state index in [2.05, 4.69) is 15.0 Å². The van der Waals surface area contributed by atoms with E-state index in [1.165, 1.54) is 19.3 Å². The molecular weight excluding hydrogens is 214 g/mol. The second kappa shape index (κ2) is 5.35. The largest absolute Gasteiger partial charge is 0.338 e. The third kappa shape index (κ3) is 2.84. The zero-order valence-corrected chi connectivity index (χ0v) is 9.54. The Hall–Kier alpha value is -0.770. The molecule has 2 rings (SSSR count). The van der Waals surface area contributed by atoms with Crippen molar-refractivity contribution in [2.75, 3.05) is 23.9 Å². The van der Waals surface area contributed by atoms with Crippen LogP contribution in [0.25, 0.3) is 0 Å². The summed E-state index contributed by atoms with van der Waals surface area (Å²) in [6, 6.07) is 0. The van der Waals surface area contributed by atoms with Gasteiger partial charge in [0.05, 0.1) is 0 Å². The van der Waals surface area contributed by atoms with Gasteiger partial charge in [-0.05, 0) is 30.8 Å². The van der Waals surface area contributed by atoms with Crippen LogP contribution in [0.3, 0.4) is 0 Å². The van der Waals surface area contributed by atoms with Gasteiger partial charge in [0.15, 0.2) is 0 Å². The Morgan fingerprint density at radius 1 is 1.27 bits per heavy atom. The normalized spacial score (nSPS) is 17.0. The molecule has 15 heavy (non-hydrogen) atoms. The van der Waals surface area contributed by atoms with Crippen molar-refractivity contribution in [3.8, 4) is 0 Å². The highest BCUT2D eigenvalue weighted by Crippen LogP contribution is 2.16. The molecule has 1 fully saturated rings. The maximum absolute atomic E-state index is 5.61. The van der Waals surface area contributed by atoms with E-state index < -0.39 is 0 Å². The molecule has 4 nitrogen and oxygen atoms in total. The first kappa shape index (κ1) is 10.7. The summed E-state index contributed by atoms with van der Waals surface area (Å²) in [5.74, 6) is 2.09. The molecular formula is C10H16ClN3O. The van der Waals surface area contributed by atoms with Gasteiger partial charge in [-0.3, -0.25) is 0 Å². The van der Waals surface area contributed by atoms with Crippen LogP contribution in [0, 0.1) is 0 Å². The van der Waals surface area contributed by atoms with E-state index in [1.807, 2.05) is 0 Å². The Kier molecular flexibility index (Phi) is 3.83. The van der Waals surface area contributed by atoms with Crippen molar-refractivity contribution in [2.24, 2.45) is 0 Å². The molecule has 1 aromatic heterocycles. The molecule has 1 saturated heterocycles. The molecule has 0 N–H and O–H groups in total. The molecule has 0 saturated carbocycles. The van der Waals surface area contributed by atoms with Crippen LogP contribution < -0.4 is 4.90 Å². The molecule has 0 spiro atoms. The number of alkyl halides is 1. The number of hydrogen-bond acceptors (Lipinski definition) is 4. The summed E-state index contributed by atoms with van der Waals surface area (Å²) >= 11 is 5.61. The Bertz CT molecular complexity index is 297. The number of rotatable bonds is 4. The molecule has 1 aromatic rings. The molecule has 0 aliphatic carbocycles. The molecule has 0 radical (unpaired) electrons. The van der Waals surface area contributed by atoms with Gasteiger partial charge in [0.25, 0.3) is 5.95 Å². The van der Waals surface area contributed by atoms with Crippen LogP contribution in [-0.2, 0) is 6.42 Å². The molecule has 2 heterocycles. The zero-order valence-electron chi connectivity index (χ0n) is 8.78. The van der Waals surface area contributed by atoms with Crippen LogP contribution in [0.2, 0.25) is 0 Å². The van der Waals surface area contributed by atoms with Gasteiger partial charge >= 0.3 is 0 Å². The lowest BCUT2D eigenvalue weighted by Gasteiger charge is -2.24. The summed E-state index contributed by atoms with van der Waals surface area (Å²) in [5.41, 5.74) is 0. The van der Waals surface area contributed by atoms with Gasteiger partial charge in [0.2, 0.25) is 5.89 Å². The second-order valence-electron chi connectivity index (χ2n) is 3.83. The van der Waals surface area contributed by atoms with Gasteiger partial charge in [0.1, 0.15) is 0 Å². The highest BCUT2D eigenvalue weighted by Gasteiger charge is 2.16. The van der Waals surface area contributed by atoms with Gasteiger partial charge in [-0.15, -0.1) is 11.6 Å². The fourth-order valence-electron chi connectivity index (χ4n) is 1.79. The van der Waals surface area contributed by atoms with Gasteiger partial charge in [-0.25, -0.2) is 0 Å². The van der Waals surface area contributed by atoms with E-state index >= 15 is 0 Å². The highest BCUT2D eigenvalue weighted by atomic mass is 35.5. The number of hydrogen-bond donors (Lipinski definition) is 0. The van der Waals surface area contributed by atoms with E-state index in [9.17, 15) is 0 Å². The van der Waals surface area contributed by atoms with Crippen molar-refractivity contribution in [1.29, 1.82) is 0 Å². The van der Waals surface area contributed by atoms with E-state index in [-0.39, 0.29) is 0 Å². The van der Waals surface area contributed by atoms with Crippen LogP contribution in [-0.4, -0.2) is 29.1 Å². The number of aryl methyl sites for hydroxylation is 1. The molecule has 84 valence electrons. The Balaban J connectivity index is 1.93. The van der Waals surface area contributed by atoms with E-state index in [4.69, 9.17) is 16.1 Å². The Morgan fingerprint density at radius 2 is 2.07 bits per heavy atom. The number of aromatic nitrogens is 2. The van der Waals surface area contributed by atoms with E-state index in [0.717, 1.165) is 31.9 Å². The molecule has 0 amide bonds. The lowest BCUT2D eigenvalue weighted by molar-refractivity contribution is 0.375. The molecule has 1 aliphatic rings. The van der Waals surface area contributed by atoms with Crippen molar-refractivity contribution in [1.82, 2.24) is 10.1 Å². The summed E-state index contributed by atoms with van der Waals surface area (Å²) in [5, 5.41) is 3.99. The zero-order chi connectivity index (χ0) is 10.5. The smallest absolute Gasteiger partial charge is 0.266 e. The SMILES string of the molecule is ClCCCc1nc(N2CCCCC2)no1. The molecule has 0 atom stereocenters. The highest BCUT2D eigenvalue weighted by molar-refractivity contribution is 6.17. The fraction of sp³-hybridized carbons (Fsp3) is 0.800. The minimum atomic E-state index is 0.640. The third-order valence-electron chi connectivity index (χ3n) is 2.62. The van der Waals surface area contributed by atoms with Crippen molar-refractivity contribution in [3.63, 3.8) is 0 Å². The van der Waals surface area contributed by atoms with Gasteiger partial charge in [0, 0.05) is 25.4 Å². The van der Waals surface area contributed by atoms with Crippen molar-refractivity contribution in [3.05, 3.63) is 5.89 Å². The Labute approximate surface area is 94.6 Å². The minimum Gasteiger partial charge on any atom is -0.338 e. The molecule has 0 unspecified atom stereocenters. The van der Waals surface area contributed by atoms with E-state index in [1.54, 1.807) is 0 Å². The maximum Gasteiger partial charge on any atom is 0.266 e. The Morgan fingerprint density at radius 3 is 2.80 bits per heavy atom. The second-order valence-corrected chi connectivity index (χ2v) is 4.21. The average molecular weight is 230 g/mol. The van der Waals surface area contributed by atoms with Crippen molar-refractivity contribution in [2.45, 2.75) is 32.1 Å². The predicted molar refractivity (Wildman–Crippen MR) is 59.4 cm³/mol. The molecule has 1 aliphatic heterocycles. The average Bonchev–Trinajstić information content (AvgIpc) is 2.76. The van der Waals surface area contributed by atoms with E-state index in [0.29, 0.717) is 11.8 Å². The summed E-state index contributed by atoms with van der Waals surface area (Å²) in [6.45, 7) is 2.10.